The van der Waals surface area contributed by atoms with E-state index in [0.717, 1.165) is 47.7 Å². The number of carbonyl (C=O) groups excluding carboxylic acids is 1. The maximum atomic E-state index is 12.9. The van der Waals surface area contributed by atoms with E-state index in [4.69, 9.17) is 11.5 Å². The molecule has 5 nitrogen and oxygen atoms in total. The number of hydrogen-bond acceptors (Lipinski definition) is 4. The molecular weight excluding hydrogens is 379 g/mol. The number of aromatic amines is 1. The molecule has 0 bridgehead atoms. The van der Waals surface area contributed by atoms with Crippen LogP contribution >= 0.6 is 0 Å². The van der Waals surface area contributed by atoms with Crippen LogP contribution in [0.25, 0.3) is 22.0 Å². The van der Waals surface area contributed by atoms with Crippen molar-refractivity contribution in [3.63, 3.8) is 0 Å². The zero-order chi connectivity index (χ0) is 22.1. The Morgan fingerprint density at radius 1 is 1.03 bits per heavy atom. The van der Waals surface area contributed by atoms with Crippen LogP contribution in [0.2, 0.25) is 0 Å². The Hall–Kier alpha value is -2.54. The highest BCUT2D eigenvalue weighted by atomic mass is 19.1. The summed E-state index contributed by atoms with van der Waals surface area (Å²) in [7, 11) is 1.92. The molecule has 0 saturated heterocycles. The van der Waals surface area contributed by atoms with Crippen LogP contribution in [-0.4, -0.2) is 36.9 Å². The fourth-order valence-corrected chi connectivity index (χ4v) is 3.14. The Balaban J connectivity index is 0.000000235. The molecular formula is C24H33FN4O. The Bertz CT molecular complexity index is 921. The van der Waals surface area contributed by atoms with E-state index in [1.165, 1.54) is 12.1 Å². The molecule has 0 amide bonds. The number of fused-ring (bicyclic) bond motifs is 1. The van der Waals surface area contributed by atoms with Crippen LogP contribution in [0.15, 0.2) is 48.5 Å². The number of halogens is 1. The molecule has 1 heterocycles. The van der Waals surface area contributed by atoms with Crippen LogP contribution in [-0.2, 0) is 0 Å². The van der Waals surface area contributed by atoms with Gasteiger partial charge in [0.05, 0.1) is 5.69 Å². The largest absolute Gasteiger partial charge is 0.352 e. The SMILES string of the molecule is CNCC(N)CCC(N)C(C)C.O=Cc1cc2ccc(-c3ccc(F)cc3)cc2[nH]1. The van der Waals surface area contributed by atoms with E-state index in [1.54, 1.807) is 18.2 Å². The molecule has 2 aromatic carbocycles. The lowest BCUT2D eigenvalue weighted by atomic mass is 9.98. The summed E-state index contributed by atoms with van der Waals surface area (Å²) < 4.78 is 12.9. The molecule has 0 aliphatic carbocycles. The molecule has 0 radical (unpaired) electrons. The van der Waals surface area contributed by atoms with Gasteiger partial charge in [0.1, 0.15) is 5.82 Å². The summed E-state index contributed by atoms with van der Waals surface area (Å²) in [6, 6.07) is 14.5. The van der Waals surface area contributed by atoms with E-state index in [0.29, 0.717) is 17.7 Å². The minimum absolute atomic E-state index is 0.247. The molecule has 0 aliphatic heterocycles. The summed E-state index contributed by atoms with van der Waals surface area (Å²) in [6.07, 6.45) is 2.83. The van der Waals surface area contributed by atoms with Crippen LogP contribution in [0.5, 0.6) is 0 Å². The van der Waals surface area contributed by atoms with Gasteiger partial charge in [0.15, 0.2) is 6.29 Å². The molecule has 3 rings (SSSR count). The van der Waals surface area contributed by atoms with Crippen LogP contribution in [0.1, 0.15) is 37.2 Å². The number of rotatable bonds is 8. The third kappa shape index (κ3) is 7.06. The van der Waals surface area contributed by atoms with Gasteiger partial charge in [-0.25, -0.2) is 4.39 Å². The zero-order valence-corrected chi connectivity index (χ0v) is 18.0. The summed E-state index contributed by atoms with van der Waals surface area (Å²) in [5, 5.41) is 4.04. The Kier molecular flexibility index (Phi) is 9.17. The molecule has 6 N–H and O–H groups in total. The van der Waals surface area contributed by atoms with Gasteiger partial charge in [-0.1, -0.05) is 38.1 Å². The van der Waals surface area contributed by atoms with Crippen LogP contribution in [0.4, 0.5) is 4.39 Å². The van der Waals surface area contributed by atoms with Gasteiger partial charge >= 0.3 is 0 Å². The molecule has 162 valence electrons. The zero-order valence-electron chi connectivity index (χ0n) is 18.0. The van der Waals surface area contributed by atoms with Crippen molar-refractivity contribution in [3.05, 3.63) is 60.0 Å². The Morgan fingerprint density at radius 3 is 2.30 bits per heavy atom. The number of carbonyl (C=O) groups is 1. The number of aldehydes is 1. The maximum Gasteiger partial charge on any atom is 0.166 e. The summed E-state index contributed by atoms with van der Waals surface area (Å²) >= 11 is 0. The maximum absolute atomic E-state index is 12.9. The second-order valence-electron chi connectivity index (χ2n) is 7.95. The number of H-pyrrole nitrogens is 1. The van der Waals surface area contributed by atoms with Crippen LogP contribution < -0.4 is 16.8 Å². The minimum atomic E-state index is -0.247. The molecule has 30 heavy (non-hydrogen) atoms. The van der Waals surface area contributed by atoms with Crippen molar-refractivity contribution in [2.24, 2.45) is 17.4 Å². The third-order valence-electron chi connectivity index (χ3n) is 5.14. The Labute approximate surface area is 178 Å². The summed E-state index contributed by atoms with van der Waals surface area (Å²) in [5.74, 6) is 0.315. The van der Waals surface area contributed by atoms with Crippen LogP contribution in [0.3, 0.4) is 0 Å². The highest BCUT2D eigenvalue weighted by Gasteiger charge is 2.09. The lowest BCUT2D eigenvalue weighted by Gasteiger charge is -2.17. The van der Waals surface area contributed by atoms with Crippen molar-refractivity contribution < 1.29 is 9.18 Å². The molecule has 1 aromatic heterocycles. The molecule has 0 spiro atoms. The van der Waals surface area contributed by atoms with E-state index in [2.05, 4.69) is 24.1 Å². The van der Waals surface area contributed by atoms with Crippen LogP contribution in [0, 0.1) is 11.7 Å². The number of nitrogens with one attached hydrogen (secondary N) is 2. The predicted molar refractivity (Wildman–Crippen MR) is 123 cm³/mol. The van der Waals surface area contributed by atoms with Gasteiger partial charge in [-0.05, 0) is 61.2 Å². The molecule has 6 heteroatoms. The number of hydrogen-bond donors (Lipinski definition) is 4. The number of aromatic nitrogens is 1. The van der Waals surface area contributed by atoms with Gasteiger partial charge in [-0.15, -0.1) is 0 Å². The van der Waals surface area contributed by atoms with Gasteiger partial charge < -0.3 is 21.8 Å². The number of benzene rings is 2. The number of likely N-dealkylation sites (N-methyl/N-ethyl adjacent to an activating group) is 1. The standard InChI is InChI=1S/C15H10FNO.C9H23N3/c16-13-5-3-10(4-6-13)11-1-2-12-7-14(9-18)17-15(12)8-11;1-7(2)9(11)5-4-8(10)6-12-3/h1-9,17H;7-9,12H,4-6,10-11H2,1-3H3. The first-order valence-electron chi connectivity index (χ1n) is 10.3. The van der Waals surface area contributed by atoms with Gasteiger partial charge in [-0.2, -0.15) is 0 Å². The summed E-state index contributed by atoms with van der Waals surface area (Å²) in [5.41, 5.74) is 15.1. The van der Waals surface area contributed by atoms with E-state index in [9.17, 15) is 9.18 Å². The Morgan fingerprint density at radius 2 is 1.70 bits per heavy atom. The smallest absolute Gasteiger partial charge is 0.166 e. The lowest BCUT2D eigenvalue weighted by Crippen LogP contribution is -2.35. The van der Waals surface area contributed by atoms with Crippen molar-refractivity contribution in [2.45, 2.75) is 38.8 Å². The van der Waals surface area contributed by atoms with Crippen molar-refractivity contribution in [3.8, 4) is 11.1 Å². The minimum Gasteiger partial charge on any atom is -0.352 e. The lowest BCUT2D eigenvalue weighted by molar-refractivity contribution is 0.112. The fraction of sp³-hybridized carbons (Fsp3) is 0.375. The van der Waals surface area contributed by atoms with Crippen molar-refractivity contribution in [2.75, 3.05) is 13.6 Å². The van der Waals surface area contributed by atoms with Gasteiger partial charge in [0.25, 0.3) is 0 Å². The second kappa shape index (κ2) is 11.6. The van der Waals surface area contributed by atoms with E-state index < -0.39 is 0 Å². The van der Waals surface area contributed by atoms with Crippen molar-refractivity contribution >= 4 is 17.2 Å². The van der Waals surface area contributed by atoms with Gasteiger partial charge in [0.2, 0.25) is 0 Å². The van der Waals surface area contributed by atoms with Gasteiger partial charge in [-0.3, -0.25) is 4.79 Å². The van der Waals surface area contributed by atoms with Crippen molar-refractivity contribution in [1.82, 2.24) is 10.3 Å². The molecule has 2 unspecified atom stereocenters. The second-order valence-corrected chi connectivity index (χ2v) is 7.95. The topological polar surface area (TPSA) is 96.9 Å². The third-order valence-corrected chi connectivity index (χ3v) is 5.14. The summed E-state index contributed by atoms with van der Waals surface area (Å²) in [4.78, 5) is 13.7. The van der Waals surface area contributed by atoms with E-state index in [-0.39, 0.29) is 11.9 Å². The molecule has 0 saturated carbocycles. The predicted octanol–water partition coefficient (Wildman–Crippen LogP) is 4.08. The summed E-state index contributed by atoms with van der Waals surface area (Å²) in [6.45, 7) is 5.17. The average molecular weight is 413 g/mol. The quantitative estimate of drug-likeness (QED) is 0.419. The normalized spacial score (nSPS) is 13.0. The molecule has 0 aliphatic rings. The molecule has 0 fully saturated rings. The highest BCUT2D eigenvalue weighted by molar-refractivity contribution is 5.90. The van der Waals surface area contributed by atoms with Crippen molar-refractivity contribution in [1.29, 1.82) is 0 Å². The fourth-order valence-electron chi connectivity index (χ4n) is 3.14. The van der Waals surface area contributed by atoms with E-state index in [1.807, 2.05) is 25.2 Å². The average Bonchev–Trinajstić information content (AvgIpc) is 3.15. The first-order chi connectivity index (χ1) is 14.3. The number of nitrogens with two attached hydrogens (primary N) is 2. The van der Waals surface area contributed by atoms with E-state index >= 15 is 0 Å². The first kappa shape index (κ1) is 23.7. The molecule has 3 aromatic rings. The highest BCUT2D eigenvalue weighted by Crippen LogP contribution is 2.24. The monoisotopic (exact) mass is 412 g/mol. The van der Waals surface area contributed by atoms with Gasteiger partial charge in [0, 0.05) is 29.5 Å². The first-order valence-corrected chi connectivity index (χ1v) is 10.3. The molecule has 2 atom stereocenters.